The predicted octanol–water partition coefficient (Wildman–Crippen LogP) is 1.41. The minimum absolute atomic E-state index is 0.0862. The Morgan fingerprint density at radius 3 is 2.72 bits per heavy atom. The van der Waals surface area contributed by atoms with Crippen LogP contribution in [0.3, 0.4) is 0 Å². The highest BCUT2D eigenvalue weighted by Crippen LogP contribution is 2.28. The Morgan fingerprint density at radius 1 is 1.56 bits per heavy atom. The summed E-state index contributed by atoms with van der Waals surface area (Å²) in [5, 5.41) is 19.5. The van der Waals surface area contributed by atoms with Crippen LogP contribution in [0.15, 0.2) is 18.2 Å². The van der Waals surface area contributed by atoms with E-state index in [1.807, 2.05) is 0 Å². The maximum absolute atomic E-state index is 11.2. The summed E-state index contributed by atoms with van der Waals surface area (Å²) in [7, 11) is 1.19. The van der Waals surface area contributed by atoms with E-state index in [9.17, 15) is 14.9 Å². The molecule has 0 fully saturated rings. The number of esters is 1. The number of rotatable bonds is 4. The van der Waals surface area contributed by atoms with Crippen molar-refractivity contribution in [3.63, 3.8) is 0 Å². The van der Waals surface area contributed by atoms with Crippen molar-refractivity contribution < 1.29 is 19.2 Å². The third-order valence-corrected chi connectivity index (χ3v) is 2.12. The molecule has 1 aromatic rings. The molecule has 0 aliphatic heterocycles. The van der Waals surface area contributed by atoms with Crippen LogP contribution in [0.1, 0.15) is 12.5 Å². The van der Waals surface area contributed by atoms with E-state index in [0.29, 0.717) is 0 Å². The SMILES string of the molecule is COC(=O)[C@@H](C)Oc1ccc(C#N)cc1[N+](=O)[O-]. The Hall–Kier alpha value is -2.62. The summed E-state index contributed by atoms with van der Waals surface area (Å²) >= 11 is 0. The van der Waals surface area contributed by atoms with Gasteiger partial charge in [0.15, 0.2) is 11.9 Å². The van der Waals surface area contributed by atoms with E-state index in [2.05, 4.69) is 4.74 Å². The molecule has 1 aromatic carbocycles. The molecule has 0 aromatic heterocycles. The van der Waals surface area contributed by atoms with Crippen LogP contribution < -0.4 is 4.74 Å². The second kappa shape index (κ2) is 5.63. The molecule has 94 valence electrons. The summed E-state index contributed by atoms with van der Waals surface area (Å²) in [5.41, 5.74) is -0.232. The molecule has 0 spiro atoms. The van der Waals surface area contributed by atoms with Crippen molar-refractivity contribution in [2.45, 2.75) is 13.0 Å². The molecule has 0 aliphatic rings. The number of nitriles is 1. The third kappa shape index (κ3) is 2.95. The molecular weight excluding hydrogens is 240 g/mol. The van der Waals surface area contributed by atoms with Crippen LogP contribution in [-0.2, 0) is 9.53 Å². The summed E-state index contributed by atoms with van der Waals surface area (Å²) in [6, 6.07) is 5.51. The number of benzene rings is 1. The second-order valence-electron chi connectivity index (χ2n) is 3.33. The number of carbonyl (C=O) groups is 1. The first-order chi connectivity index (χ1) is 8.49. The van der Waals surface area contributed by atoms with Crippen LogP contribution in [0.5, 0.6) is 5.75 Å². The molecule has 1 rings (SSSR count). The highest BCUT2D eigenvalue weighted by atomic mass is 16.6. The lowest BCUT2D eigenvalue weighted by atomic mass is 10.2. The van der Waals surface area contributed by atoms with Crippen molar-refractivity contribution >= 4 is 11.7 Å². The van der Waals surface area contributed by atoms with Gasteiger partial charge in [-0.25, -0.2) is 4.79 Å². The molecule has 0 bridgehead atoms. The Balaban J connectivity index is 3.06. The molecule has 0 radical (unpaired) electrons. The topological polar surface area (TPSA) is 102 Å². The lowest BCUT2D eigenvalue weighted by molar-refractivity contribution is -0.386. The largest absolute Gasteiger partial charge is 0.472 e. The summed E-state index contributed by atoms with van der Waals surface area (Å²) in [6.45, 7) is 1.41. The van der Waals surface area contributed by atoms with E-state index in [0.717, 1.165) is 6.07 Å². The smallest absolute Gasteiger partial charge is 0.346 e. The van der Waals surface area contributed by atoms with Gasteiger partial charge in [0.25, 0.3) is 0 Å². The molecule has 0 saturated carbocycles. The lowest BCUT2D eigenvalue weighted by Crippen LogP contribution is -2.25. The van der Waals surface area contributed by atoms with Crippen LogP contribution in [-0.4, -0.2) is 24.1 Å². The van der Waals surface area contributed by atoms with Crippen LogP contribution in [0.2, 0.25) is 0 Å². The van der Waals surface area contributed by atoms with E-state index >= 15 is 0 Å². The van der Waals surface area contributed by atoms with Crippen molar-refractivity contribution in [2.75, 3.05) is 7.11 Å². The number of hydrogen-bond donors (Lipinski definition) is 0. The lowest BCUT2D eigenvalue weighted by Gasteiger charge is -2.12. The summed E-state index contributed by atoms with van der Waals surface area (Å²) < 4.78 is 9.58. The Bertz CT molecular complexity index is 521. The van der Waals surface area contributed by atoms with Gasteiger partial charge in [-0.05, 0) is 19.1 Å². The monoisotopic (exact) mass is 250 g/mol. The van der Waals surface area contributed by atoms with E-state index in [1.165, 1.54) is 26.2 Å². The van der Waals surface area contributed by atoms with E-state index in [1.54, 1.807) is 6.07 Å². The number of hydrogen-bond acceptors (Lipinski definition) is 6. The number of nitro groups is 1. The normalized spacial score (nSPS) is 11.2. The van der Waals surface area contributed by atoms with Crippen LogP contribution in [0.4, 0.5) is 5.69 Å². The summed E-state index contributed by atoms with van der Waals surface area (Å²) in [4.78, 5) is 21.3. The molecule has 1 atom stereocenters. The molecular formula is C11H10N2O5. The van der Waals surface area contributed by atoms with Crippen molar-refractivity contribution in [2.24, 2.45) is 0 Å². The number of ether oxygens (including phenoxy) is 2. The minimum atomic E-state index is -0.971. The van der Waals surface area contributed by atoms with Gasteiger partial charge in [-0.1, -0.05) is 0 Å². The van der Waals surface area contributed by atoms with Crippen molar-refractivity contribution in [3.05, 3.63) is 33.9 Å². The fourth-order valence-electron chi connectivity index (χ4n) is 1.23. The van der Waals surface area contributed by atoms with Crippen LogP contribution in [0.25, 0.3) is 0 Å². The Kier molecular flexibility index (Phi) is 4.21. The molecule has 0 unspecified atom stereocenters. The quantitative estimate of drug-likeness (QED) is 0.454. The number of carbonyl (C=O) groups excluding carboxylic acids is 1. The molecule has 7 heteroatoms. The Morgan fingerprint density at radius 2 is 2.22 bits per heavy atom. The summed E-state index contributed by atoms with van der Waals surface area (Å²) in [6.07, 6.45) is -0.971. The maximum atomic E-state index is 11.2. The zero-order chi connectivity index (χ0) is 13.7. The van der Waals surface area contributed by atoms with Gasteiger partial charge in [0.05, 0.1) is 23.7 Å². The minimum Gasteiger partial charge on any atom is -0.472 e. The number of nitrogens with zero attached hydrogens (tertiary/aromatic N) is 2. The van der Waals surface area contributed by atoms with Crippen LogP contribution >= 0.6 is 0 Å². The predicted molar refractivity (Wildman–Crippen MR) is 59.9 cm³/mol. The van der Waals surface area contributed by atoms with Gasteiger partial charge in [0, 0.05) is 6.07 Å². The van der Waals surface area contributed by atoms with E-state index < -0.39 is 17.0 Å². The molecule has 0 heterocycles. The highest BCUT2D eigenvalue weighted by molar-refractivity contribution is 5.74. The van der Waals surface area contributed by atoms with Gasteiger partial charge >= 0.3 is 11.7 Å². The second-order valence-corrected chi connectivity index (χ2v) is 3.33. The zero-order valence-corrected chi connectivity index (χ0v) is 9.75. The first kappa shape index (κ1) is 13.4. The van der Waals surface area contributed by atoms with Gasteiger partial charge in [-0.15, -0.1) is 0 Å². The summed E-state index contributed by atoms with van der Waals surface area (Å²) in [5.74, 6) is -0.731. The molecule has 0 saturated heterocycles. The average molecular weight is 250 g/mol. The number of methoxy groups -OCH3 is 1. The van der Waals surface area contributed by atoms with Crippen molar-refractivity contribution in [1.82, 2.24) is 0 Å². The molecule has 7 nitrogen and oxygen atoms in total. The molecule has 0 N–H and O–H groups in total. The molecule has 18 heavy (non-hydrogen) atoms. The van der Waals surface area contributed by atoms with Gasteiger partial charge in [-0.2, -0.15) is 5.26 Å². The first-order valence-corrected chi connectivity index (χ1v) is 4.92. The van der Waals surface area contributed by atoms with Gasteiger partial charge in [0.1, 0.15) is 0 Å². The maximum Gasteiger partial charge on any atom is 0.346 e. The van der Waals surface area contributed by atoms with Crippen molar-refractivity contribution in [1.29, 1.82) is 5.26 Å². The zero-order valence-electron chi connectivity index (χ0n) is 9.75. The van der Waals surface area contributed by atoms with Gasteiger partial charge in [-0.3, -0.25) is 10.1 Å². The highest BCUT2D eigenvalue weighted by Gasteiger charge is 2.21. The third-order valence-electron chi connectivity index (χ3n) is 2.12. The van der Waals surface area contributed by atoms with E-state index in [-0.39, 0.29) is 17.0 Å². The van der Waals surface area contributed by atoms with Crippen molar-refractivity contribution in [3.8, 4) is 11.8 Å². The number of nitro benzene ring substituents is 1. The molecule has 0 aliphatic carbocycles. The van der Waals surface area contributed by atoms with Gasteiger partial charge < -0.3 is 9.47 Å². The molecule has 0 amide bonds. The Labute approximate surface area is 103 Å². The standard InChI is InChI=1S/C11H10N2O5/c1-7(11(14)17-2)18-10-4-3-8(6-12)5-9(10)13(15)16/h3-5,7H,1-2H3/t7-/m1/s1. The first-order valence-electron chi connectivity index (χ1n) is 4.92. The average Bonchev–Trinajstić information content (AvgIpc) is 2.37. The van der Waals surface area contributed by atoms with Gasteiger partial charge in [0.2, 0.25) is 0 Å². The fraction of sp³-hybridized carbons (Fsp3) is 0.273. The van der Waals surface area contributed by atoms with E-state index in [4.69, 9.17) is 10.00 Å². The fourth-order valence-corrected chi connectivity index (χ4v) is 1.23. The van der Waals surface area contributed by atoms with Crippen LogP contribution in [0, 0.1) is 21.4 Å².